The fourth-order valence-corrected chi connectivity index (χ4v) is 5.40. The Labute approximate surface area is 184 Å². The molecule has 0 aliphatic rings. The molecule has 0 spiro atoms. The van der Waals surface area contributed by atoms with Crippen LogP contribution in [0.15, 0.2) is 70.5 Å². The summed E-state index contributed by atoms with van der Waals surface area (Å²) in [7, 11) is -7.01. The van der Waals surface area contributed by atoms with E-state index in [2.05, 4.69) is 9.44 Å². The summed E-state index contributed by atoms with van der Waals surface area (Å²) in [6, 6.07) is 13.5. The summed E-state index contributed by atoms with van der Waals surface area (Å²) in [6.07, 6.45) is 0. The summed E-state index contributed by atoms with van der Waals surface area (Å²) in [5.41, 5.74) is 0.544. The maximum Gasteiger partial charge on any atom is 0.264 e. The topological polar surface area (TPSA) is 102 Å². The Morgan fingerprint density at radius 2 is 1.55 bits per heavy atom. The Balaban J connectivity index is 1.96. The maximum absolute atomic E-state index is 14.1. The predicted molar refractivity (Wildman–Crippen MR) is 117 cm³/mol. The first-order valence-electron chi connectivity index (χ1n) is 8.78. The number of nitrogens with one attached hydrogen (secondary N) is 2. The monoisotopic (exact) mass is 484 g/mol. The number of benzene rings is 3. The SMILES string of the molecule is COc1ccccc1NS(=O)(=O)c1cc(NS(=O)(=O)c2ccc(Cl)cc2F)ccc1C. The lowest BCUT2D eigenvalue weighted by molar-refractivity contribution is 0.417. The van der Waals surface area contributed by atoms with Crippen molar-refractivity contribution < 1.29 is 26.0 Å². The Morgan fingerprint density at radius 1 is 0.871 bits per heavy atom. The Morgan fingerprint density at radius 3 is 2.23 bits per heavy atom. The summed E-state index contributed by atoms with van der Waals surface area (Å²) < 4.78 is 74.9. The van der Waals surface area contributed by atoms with E-state index in [0.717, 1.165) is 18.2 Å². The summed E-state index contributed by atoms with van der Waals surface area (Å²) in [5.74, 6) is -0.711. The predicted octanol–water partition coefficient (Wildman–Crippen LogP) is 4.40. The van der Waals surface area contributed by atoms with Gasteiger partial charge in [-0.25, -0.2) is 21.2 Å². The highest BCUT2D eigenvalue weighted by Crippen LogP contribution is 2.29. The largest absolute Gasteiger partial charge is 0.495 e. The molecule has 3 rings (SSSR count). The number of sulfonamides is 2. The Kier molecular flexibility index (Phi) is 6.44. The van der Waals surface area contributed by atoms with Crippen LogP contribution in [0.5, 0.6) is 5.75 Å². The number of anilines is 2. The molecule has 0 amide bonds. The number of methoxy groups -OCH3 is 1. The fraction of sp³-hybridized carbons (Fsp3) is 0.100. The molecule has 11 heteroatoms. The lowest BCUT2D eigenvalue weighted by atomic mass is 10.2. The van der Waals surface area contributed by atoms with Gasteiger partial charge in [0.2, 0.25) is 0 Å². The van der Waals surface area contributed by atoms with Gasteiger partial charge in [-0.3, -0.25) is 9.44 Å². The average Bonchev–Trinajstić information content (AvgIpc) is 2.69. The molecular formula is C20H18ClFN2O5S2. The van der Waals surface area contributed by atoms with E-state index in [9.17, 15) is 21.2 Å². The van der Waals surface area contributed by atoms with Gasteiger partial charge in [0.05, 0.1) is 23.4 Å². The number of rotatable bonds is 7. The molecule has 3 aromatic carbocycles. The second-order valence-electron chi connectivity index (χ2n) is 6.47. The number of para-hydroxylation sites is 2. The van der Waals surface area contributed by atoms with Gasteiger partial charge in [-0.1, -0.05) is 29.8 Å². The molecule has 0 aliphatic heterocycles. The Bertz CT molecular complexity index is 1350. The highest BCUT2D eigenvalue weighted by molar-refractivity contribution is 7.93. The van der Waals surface area contributed by atoms with Crippen LogP contribution in [-0.2, 0) is 20.0 Å². The van der Waals surface area contributed by atoms with E-state index in [0.29, 0.717) is 11.3 Å². The summed E-state index contributed by atoms with van der Waals surface area (Å²) in [6.45, 7) is 1.56. The number of aryl methyl sites for hydroxylation is 1. The van der Waals surface area contributed by atoms with Gasteiger partial charge in [0.1, 0.15) is 16.5 Å². The molecule has 0 saturated heterocycles. The van der Waals surface area contributed by atoms with Crippen molar-refractivity contribution in [3.05, 3.63) is 77.1 Å². The van der Waals surface area contributed by atoms with Gasteiger partial charge < -0.3 is 4.74 Å². The fourth-order valence-electron chi connectivity index (χ4n) is 2.79. The molecule has 0 saturated carbocycles. The lowest BCUT2D eigenvalue weighted by Crippen LogP contribution is -2.17. The van der Waals surface area contributed by atoms with Crippen LogP contribution in [0.1, 0.15) is 5.56 Å². The lowest BCUT2D eigenvalue weighted by Gasteiger charge is -2.15. The zero-order chi connectivity index (χ0) is 22.8. The van der Waals surface area contributed by atoms with Gasteiger partial charge in [0, 0.05) is 5.02 Å². The van der Waals surface area contributed by atoms with Crippen molar-refractivity contribution >= 4 is 43.0 Å². The first-order chi connectivity index (χ1) is 14.5. The van der Waals surface area contributed by atoms with E-state index >= 15 is 0 Å². The first kappa shape index (κ1) is 22.9. The zero-order valence-electron chi connectivity index (χ0n) is 16.4. The molecule has 0 radical (unpaired) electrons. The minimum atomic E-state index is -4.32. The van der Waals surface area contributed by atoms with Crippen molar-refractivity contribution in [3.63, 3.8) is 0 Å². The van der Waals surface area contributed by atoms with E-state index < -0.39 is 30.8 Å². The van der Waals surface area contributed by atoms with Crippen LogP contribution in [0.25, 0.3) is 0 Å². The molecule has 7 nitrogen and oxygen atoms in total. The van der Waals surface area contributed by atoms with Gasteiger partial charge >= 0.3 is 0 Å². The van der Waals surface area contributed by atoms with Crippen molar-refractivity contribution in [2.45, 2.75) is 16.7 Å². The standard InChI is InChI=1S/C20H18ClFN2O5S2/c1-13-7-9-15(23-30(25,26)19-10-8-14(21)11-16(19)22)12-20(13)31(27,28)24-17-5-3-4-6-18(17)29-2/h3-12,23-24H,1-2H3. The molecule has 164 valence electrons. The van der Waals surface area contributed by atoms with Crippen molar-refractivity contribution in [1.82, 2.24) is 0 Å². The third kappa shape index (κ3) is 5.09. The smallest absolute Gasteiger partial charge is 0.264 e. The quantitative estimate of drug-likeness (QED) is 0.517. The molecule has 0 atom stereocenters. The van der Waals surface area contributed by atoms with Crippen molar-refractivity contribution in [2.75, 3.05) is 16.6 Å². The molecule has 0 heterocycles. The number of hydrogen-bond acceptors (Lipinski definition) is 5. The molecule has 0 fully saturated rings. The summed E-state index contributed by atoms with van der Waals surface area (Å²) >= 11 is 5.67. The third-order valence-electron chi connectivity index (χ3n) is 4.26. The summed E-state index contributed by atoms with van der Waals surface area (Å²) in [4.78, 5) is -0.774. The van der Waals surface area contributed by atoms with E-state index in [4.69, 9.17) is 16.3 Å². The molecule has 3 aromatic rings. The van der Waals surface area contributed by atoms with E-state index in [1.54, 1.807) is 25.1 Å². The Hall–Kier alpha value is -2.82. The van der Waals surface area contributed by atoms with Gasteiger partial charge in [-0.15, -0.1) is 0 Å². The number of halogens is 2. The van der Waals surface area contributed by atoms with Crippen molar-refractivity contribution in [2.24, 2.45) is 0 Å². The first-order valence-corrected chi connectivity index (χ1v) is 12.1. The van der Waals surface area contributed by atoms with Gasteiger partial charge in [-0.05, 0) is 55.0 Å². The molecule has 0 aliphatic carbocycles. The van der Waals surface area contributed by atoms with E-state index in [1.165, 1.54) is 31.4 Å². The van der Waals surface area contributed by atoms with Crippen LogP contribution in [-0.4, -0.2) is 23.9 Å². The van der Waals surface area contributed by atoms with E-state index in [1.807, 2.05) is 0 Å². The van der Waals surface area contributed by atoms with Crippen LogP contribution >= 0.6 is 11.6 Å². The minimum absolute atomic E-state index is 0.0441. The number of ether oxygens (including phenoxy) is 1. The van der Waals surface area contributed by atoms with Crippen molar-refractivity contribution in [3.8, 4) is 5.75 Å². The molecular weight excluding hydrogens is 467 g/mol. The van der Waals surface area contributed by atoms with Crippen LogP contribution in [0, 0.1) is 12.7 Å². The van der Waals surface area contributed by atoms with Gasteiger partial charge in [-0.2, -0.15) is 0 Å². The van der Waals surface area contributed by atoms with Crippen LogP contribution in [0.2, 0.25) is 5.02 Å². The minimum Gasteiger partial charge on any atom is -0.495 e. The second kappa shape index (κ2) is 8.74. The zero-order valence-corrected chi connectivity index (χ0v) is 18.8. The highest BCUT2D eigenvalue weighted by atomic mass is 35.5. The van der Waals surface area contributed by atoms with Gasteiger partial charge in [0.25, 0.3) is 20.0 Å². The van der Waals surface area contributed by atoms with Crippen LogP contribution in [0.3, 0.4) is 0 Å². The second-order valence-corrected chi connectivity index (χ2v) is 10.2. The van der Waals surface area contributed by atoms with Gasteiger partial charge in [0.15, 0.2) is 0 Å². The molecule has 31 heavy (non-hydrogen) atoms. The molecule has 0 unspecified atom stereocenters. The molecule has 0 aromatic heterocycles. The number of hydrogen-bond donors (Lipinski definition) is 2. The van der Waals surface area contributed by atoms with Crippen LogP contribution < -0.4 is 14.2 Å². The molecule has 2 N–H and O–H groups in total. The van der Waals surface area contributed by atoms with E-state index in [-0.39, 0.29) is 21.3 Å². The summed E-state index contributed by atoms with van der Waals surface area (Å²) in [5, 5.41) is 0.0441. The normalized spacial score (nSPS) is 11.7. The molecule has 0 bridgehead atoms. The highest BCUT2D eigenvalue weighted by Gasteiger charge is 2.23. The van der Waals surface area contributed by atoms with Crippen molar-refractivity contribution in [1.29, 1.82) is 0 Å². The average molecular weight is 485 g/mol. The maximum atomic E-state index is 14.1. The third-order valence-corrected chi connectivity index (χ3v) is 7.42. The van der Waals surface area contributed by atoms with Crippen LogP contribution in [0.4, 0.5) is 15.8 Å².